The van der Waals surface area contributed by atoms with Crippen LogP contribution >= 0.6 is 11.6 Å². The lowest BCUT2D eigenvalue weighted by molar-refractivity contribution is -0.383. The highest BCUT2D eigenvalue weighted by atomic mass is 35.5. The van der Waals surface area contributed by atoms with Gasteiger partial charge in [-0.15, -0.1) is 0 Å². The van der Waals surface area contributed by atoms with Crippen molar-refractivity contribution in [2.45, 2.75) is 0 Å². The monoisotopic (exact) mass is 384 g/mol. The summed E-state index contributed by atoms with van der Waals surface area (Å²) in [5, 5.41) is 15.1. The number of halogens is 1. The molecule has 1 N–H and O–H groups in total. The average molecular weight is 385 g/mol. The lowest BCUT2D eigenvalue weighted by Gasteiger charge is -2.09. The molecule has 0 aliphatic carbocycles. The largest absolute Gasteiger partial charge is 0.452 e. The Morgan fingerprint density at radius 2 is 1.81 bits per heavy atom. The number of nitrogens with zero attached hydrogens (tertiary/aromatic N) is 1. The molecule has 8 heteroatoms. The smallest absolute Gasteiger partial charge is 0.339 e. The van der Waals surface area contributed by atoms with E-state index in [1.54, 1.807) is 24.3 Å². The Labute approximate surface area is 158 Å². The first-order valence-electron chi connectivity index (χ1n) is 7.84. The highest BCUT2D eigenvalue weighted by molar-refractivity contribution is 6.31. The molecule has 7 nitrogen and oxygen atoms in total. The summed E-state index contributed by atoms with van der Waals surface area (Å²) in [7, 11) is 0. The van der Waals surface area contributed by atoms with Crippen LogP contribution < -0.4 is 5.32 Å². The quantitative estimate of drug-likeness (QED) is 0.404. The van der Waals surface area contributed by atoms with Crippen LogP contribution in [0.4, 0.5) is 11.4 Å². The maximum absolute atomic E-state index is 12.3. The number of nitro benzene ring substituents is 1. The van der Waals surface area contributed by atoms with Crippen LogP contribution in [0.5, 0.6) is 0 Å². The van der Waals surface area contributed by atoms with Gasteiger partial charge in [-0.05, 0) is 29.0 Å². The van der Waals surface area contributed by atoms with Gasteiger partial charge in [0, 0.05) is 11.1 Å². The molecule has 0 radical (unpaired) electrons. The molecule has 0 saturated heterocycles. The molecule has 0 aromatic heterocycles. The SMILES string of the molecule is O=C(COC(=O)c1cccc2ccccc12)Nc1cc(Cl)ccc1[N+](=O)[O-]. The molecule has 0 aliphatic rings. The predicted molar refractivity (Wildman–Crippen MR) is 101 cm³/mol. The molecule has 3 aromatic rings. The van der Waals surface area contributed by atoms with Crippen molar-refractivity contribution in [3.8, 4) is 0 Å². The summed E-state index contributed by atoms with van der Waals surface area (Å²) in [5.41, 5.74) is -0.0542. The fourth-order valence-electron chi connectivity index (χ4n) is 2.57. The average Bonchev–Trinajstić information content (AvgIpc) is 2.65. The van der Waals surface area contributed by atoms with E-state index in [0.29, 0.717) is 10.9 Å². The minimum Gasteiger partial charge on any atom is -0.452 e. The summed E-state index contributed by atoms with van der Waals surface area (Å²) < 4.78 is 5.05. The van der Waals surface area contributed by atoms with Crippen molar-refractivity contribution >= 4 is 45.6 Å². The summed E-state index contributed by atoms with van der Waals surface area (Å²) in [6.45, 7) is -0.592. The standard InChI is InChI=1S/C19H13ClN2O5/c20-13-8-9-17(22(25)26)16(10-13)21-18(23)11-27-19(24)15-7-3-5-12-4-1-2-6-14(12)15/h1-10H,11H2,(H,21,23). The molecule has 0 spiro atoms. The zero-order chi connectivity index (χ0) is 19.4. The van der Waals surface area contributed by atoms with Crippen molar-refractivity contribution in [3.63, 3.8) is 0 Å². The van der Waals surface area contributed by atoms with E-state index in [-0.39, 0.29) is 16.4 Å². The molecule has 0 unspecified atom stereocenters. The molecule has 1 amide bonds. The molecule has 0 heterocycles. The van der Waals surface area contributed by atoms with E-state index in [1.165, 1.54) is 18.2 Å². The summed E-state index contributed by atoms with van der Waals surface area (Å²) in [4.78, 5) is 34.7. The van der Waals surface area contributed by atoms with Crippen molar-refractivity contribution in [3.05, 3.63) is 81.4 Å². The number of nitro groups is 1. The van der Waals surface area contributed by atoms with Gasteiger partial charge in [-0.2, -0.15) is 0 Å². The van der Waals surface area contributed by atoms with Gasteiger partial charge in [-0.3, -0.25) is 14.9 Å². The van der Waals surface area contributed by atoms with Gasteiger partial charge in [-0.1, -0.05) is 48.0 Å². The number of esters is 1. The fourth-order valence-corrected chi connectivity index (χ4v) is 2.74. The van der Waals surface area contributed by atoms with Crippen LogP contribution in [0, 0.1) is 10.1 Å². The number of nitrogens with one attached hydrogen (secondary N) is 1. The minimum absolute atomic E-state index is 0.0706. The van der Waals surface area contributed by atoms with Crippen LogP contribution in [0.15, 0.2) is 60.7 Å². The Balaban J connectivity index is 1.70. The Bertz CT molecular complexity index is 1050. The highest BCUT2D eigenvalue weighted by Crippen LogP contribution is 2.27. The zero-order valence-electron chi connectivity index (χ0n) is 13.8. The van der Waals surface area contributed by atoms with Crippen molar-refractivity contribution in [1.29, 1.82) is 0 Å². The maximum atomic E-state index is 12.3. The van der Waals surface area contributed by atoms with Gasteiger partial charge in [0.1, 0.15) is 5.69 Å². The van der Waals surface area contributed by atoms with Crippen molar-refractivity contribution in [2.24, 2.45) is 0 Å². The van der Waals surface area contributed by atoms with E-state index in [1.807, 2.05) is 18.2 Å². The summed E-state index contributed by atoms with van der Waals surface area (Å²) >= 11 is 5.81. The number of hydrogen-bond donors (Lipinski definition) is 1. The lowest BCUT2D eigenvalue weighted by Crippen LogP contribution is -2.21. The molecular formula is C19H13ClN2O5. The molecule has 3 rings (SSSR count). The Kier molecular flexibility index (Phi) is 5.33. The van der Waals surface area contributed by atoms with Gasteiger partial charge in [0.2, 0.25) is 0 Å². The third-order valence-corrected chi connectivity index (χ3v) is 4.01. The number of carbonyl (C=O) groups excluding carboxylic acids is 2. The molecule has 0 fully saturated rings. The number of hydrogen-bond acceptors (Lipinski definition) is 5. The second kappa shape index (κ2) is 7.84. The predicted octanol–water partition coefficient (Wildman–Crippen LogP) is 4.20. The Hall–Kier alpha value is -3.45. The number of anilines is 1. The summed E-state index contributed by atoms with van der Waals surface area (Å²) in [6.07, 6.45) is 0. The number of rotatable bonds is 5. The number of carbonyl (C=O) groups is 2. The number of benzene rings is 3. The first-order chi connectivity index (χ1) is 13.0. The third kappa shape index (κ3) is 4.21. The van der Waals surface area contributed by atoms with Gasteiger partial charge >= 0.3 is 5.97 Å². The van der Waals surface area contributed by atoms with Gasteiger partial charge in [0.05, 0.1) is 10.5 Å². The van der Waals surface area contributed by atoms with E-state index < -0.39 is 23.4 Å². The topological polar surface area (TPSA) is 98.5 Å². The van der Waals surface area contributed by atoms with Gasteiger partial charge in [0.25, 0.3) is 11.6 Å². The maximum Gasteiger partial charge on any atom is 0.339 e. The van der Waals surface area contributed by atoms with Crippen molar-refractivity contribution in [1.82, 2.24) is 0 Å². The molecule has 27 heavy (non-hydrogen) atoms. The van der Waals surface area contributed by atoms with E-state index in [2.05, 4.69) is 5.32 Å². The zero-order valence-corrected chi connectivity index (χ0v) is 14.6. The van der Waals surface area contributed by atoms with E-state index >= 15 is 0 Å². The minimum atomic E-state index is -0.714. The molecule has 0 aliphatic heterocycles. The Morgan fingerprint density at radius 3 is 2.59 bits per heavy atom. The summed E-state index contributed by atoms with van der Waals surface area (Å²) in [6, 6.07) is 16.2. The Morgan fingerprint density at radius 1 is 1.07 bits per heavy atom. The first kappa shape index (κ1) is 18.3. The first-order valence-corrected chi connectivity index (χ1v) is 8.22. The third-order valence-electron chi connectivity index (χ3n) is 3.77. The number of ether oxygens (including phenoxy) is 1. The van der Waals surface area contributed by atoms with E-state index in [4.69, 9.17) is 16.3 Å². The molecule has 0 saturated carbocycles. The highest BCUT2D eigenvalue weighted by Gasteiger charge is 2.18. The summed E-state index contributed by atoms with van der Waals surface area (Å²) in [5.74, 6) is -1.38. The van der Waals surface area contributed by atoms with Crippen LogP contribution in [0.1, 0.15) is 10.4 Å². The molecule has 3 aromatic carbocycles. The second-order valence-electron chi connectivity index (χ2n) is 5.57. The number of amides is 1. The van der Waals surface area contributed by atoms with Crippen LogP contribution in [0.25, 0.3) is 10.8 Å². The molecule has 0 bridgehead atoms. The molecular weight excluding hydrogens is 372 g/mol. The van der Waals surface area contributed by atoms with Crippen LogP contribution in [-0.2, 0) is 9.53 Å². The van der Waals surface area contributed by atoms with E-state index in [0.717, 1.165) is 5.39 Å². The van der Waals surface area contributed by atoms with Gasteiger partial charge in [-0.25, -0.2) is 4.79 Å². The van der Waals surface area contributed by atoms with Crippen LogP contribution in [0.2, 0.25) is 5.02 Å². The van der Waals surface area contributed by atoms with Crippen molar-refractivity contribution in [2.75, 3.05) is 11.9 Å². The van der Waals surface area contributed by atoms with Gasteiger partial charge < -0.3 is 10.1 Å². The molecule has 136 valence electrons. The normalized spacial score (nSPS) is 10.4. The van der Waals surface area contributed by atoms with Gasteiger partial charge in [0.15, 0.2) is 6.61 Å². The van der Waals surface area contributed by atoms with E-state index in [9.17, 15) is 19.7 Å². The number of fused-ring (bicyclic) bond motifs is 1. The molecule has 0 atom stereocenters. The second-order valence-corrected chi connectivity index (χ2v) is 6.01. The lowest BCUT2D eigenvalue weighted by atomic mass is 10.1. The van der Waals surface area contributed by atoms with Crippen LogP contribution in [0.3, 0.4) is 0 Å². The van der Waals surface area contributed by atoms with Crippen LogP contribution in [-0.4, -0.2) is 23.4 Å². The fraction of sp³-hybridized carbons (Fsp3) is 0.0526. The van der Waals surface area contributed by atoms with Crippen molar-refractivity contribution < 1.29 is 19.2 Å².